The summed E-state index contributed by atoms with van der Waals surface area (Å²) in [5, 5.41) is 3.04. The molecule has 0 bridgehead atoms. The number of hydrogen-bond acceptors (Lipinski definition) is 1. The Balaban J connectivity index is 1.79. The minimum Gasteiger partial charge on any atom is -0.399 e. The molecule has 0 saturated carbocycles. The lowest BCUT2D eigenvalue weighted by Gasteiger charge is -2.13. The number of ether oxygens (including phenoxy) is 1. The zero-order chi connectivity index (χ0) is 23.0. The topological polar surface area (TPSA) is 9.23 Å². The van der Waals surface area contributed by atoms with Gasteiger partial charge in [-0.1, -0.05) is 43.7 Å². The first-order chi connectivity index (χ1) is 15.2. The number of unbranched alkanes of at least 4 members (excludes halogenated alkanes) is 1. The summed E-state index contributed by atoms with van der Waals surface area (Å²) in [4.78, 5) is 0. The van der Waals surface area contributed by atoms with E-state index >= 15 is 0 Å². The molecule has 0 atom stereocenters. The first kappa shape index (κ1) is 22.0. The second-order valence-electron chi connectivity index (χ2n) is 7.59. The molecule has 0 aliphatic carbocycles. The number of rotatable bonds is 5. The molecule has 0 saturated heterocycles. The Labute approximate surface area is 180 Å². The molecule has 7 heteroatoms. The van der Waals surface area contributed by atoms with E-state index in [1.165, 1.54) is 17.7 Å². The van der Waals surface area contributed by atoms with Crippen molar-refractivity contribution in [1.29, 1.82) is 0 Å². The highest BCUT2D eigenvalue weighted by atomic mass is 19.4. The maximum absolute atomic E-state index is 15.0. The normalized spacial score (nSPS) is 12.0. The average molecular weight is 448 g/mol. The summed E-state index contributed by atoms with van der Waals surface area (Å²) < 4.78 is 83.7. The Morgan fingerprint density at radius 3 is 2.03 bits per heavy atom. The van der Waals surface area contributed by atoms with Gasteiger partial charge in [0.05, 0.1) is 0 Å². The van der Waals surface area contributed by atoms with Crippen molar-refractivity contribution in [1.82, 2.24) is 0 Å². The number of benzene rings is 4. The Hall–Kier alpha value is -3.22. The number of alkyl halides is 3. The highest BCUT2D eigenvalue weighted by molar-refractivity contribution is 6.08. The molecule has 32 heavy (non-hydrogen) atoms. The predicted molar refractivity (Wildman–Crippen MR) is 112 cm³/mol. The van der Waals surface area contributed by atoms with Crippen molar-refractivity contribution < 1.29 is 31.1 Å². The molecule has 0 heterocycles. The molecule has 0 radical (unpaired) electrons. The van der Waals surface area contributed by atoms with Crippen LogP contribution in [0.3, 0.4) is 0 Å². The Bertz CT molecular complexity index is 1290. The molecule has 0 fully saturated rings. The maximum atomic E-state index is 15.0. The van der Waals surface area contributed by atoms with Crippen LogP contribution in [-0.2, 0) is 6.42 Å². The van der Waals surface area contributed by atoms with E-state index in [-0.39, 0.29) is 11.1 Å². The molecule has 4 aromatic carbocycles. The van der Waals surface area contributed by atoms with E-state index < -0.39 is 29.6 Å². The van der Waals surface area contributed by atoms with Crippen LogP contribution in [0.15, 0.2) is 54.6 Å². The second kappa shape index (κ2) is 8.37. The third-order valence-electron chi connectivity index (χ3n) is 5.33. The van der Waals surface area contributed by atoms with Gasteiger partial charge in [-0.05, 0) is 69.8 Å². The van der Waals surface area contributed by atoms with Crippen molar-refractivity contribution in [3.05, 3.63) is 77.6 Å². The van der Waals surface area contributed by atoms with Crippen LogP contribution in [0.25, 0.3) is 32.7 Å². The number of fused-ring (bicyclic) bond motifs is 3. The summed E-state index contributed by atoms with van der Waals surface area (Å²) in [7, 11) is 0. The van der Waals surface area contributed by atoms with E-state index in [0.717, 1.165) is 30.0 Å². The van der Waals surface area contributed by atoms with E-state index in [2.05, 4.69) is 17.7 Å². The summed E-state index contributed by atoms with van der Waals surface area (Å²) in [5.74, 6) is -5.47. The molecule has 166 valence electrons. The zero-order valence-corrected chi connectivity index (χ0v) is 17.0. The van der Waals surface area contributed by atoms with Crippen molar-refractivity contribution in [2.45, 2.75) is 32.5 Å². The zero-order valence-electron chi connectivity index (χ0n) is 17.0. The van der Waals surface area contributed by atoms with Gasteiger partial charge in [-0.3, -0.25) is 0 Å². The van der Waals surface area contributed by atoms with Crippen molar-refractivity contribution in [2.75, 3.05) is 0 Å². The number of hydrogen-bond donors (Lipinski definition) is 0. The van der Waals surface area contributed by atoms with Crippen LogP contribution in [-0.4, -0.2) is 6.36 Å². The summed E-state index contributed by atoms with van der Waals surface area (Å²) in [6, 6.07) is 13.6. The fraction of sp³-hybridized carbons (Fsp3) is 0.200. The SMILES string of the molecule is CCCCc1ccc2c(ccc3cc(-c4cc(F)c(OC(F)(F)F)c(F)c4)c(F)cc32)c1. The highest BCUT2D eigenvalue weighted by Crippen LogP contribution is 2.36. The third-order valence-corrected chi connectivity index (χ3v) is 5.33. The van der Waals surface area contributed by atoms with Crippen LogP contribution in [0.2, 0.25) is 0 Å². The summed E-state index contributed by atoms with van der Waals surface area (Å²) in [5.41, 5.74) is 0.819. The fourth-order valence-corrected chi connectivity index (χ4v) is 3.82. The van der Waals surface area contributed by atoms with Gasteiger partial charge in [0.2, 0.25) is 5.75 Å². The van der Waals surface area contributed by atoms with Gasteiger partial charge in [-0.15, -0.1) is 13.2 Å². The van der Waals surface area contributed by atoms with Crippen molar-refractivity contribution in [3.8, 4) is 16.9 Å². The first-order valence-corrected chi connectivity index (χ1v) is 10.1. The van der Waals surface area contributed by atoms with E-state index in [4.69, 9.17) is 0 Å². The monoisotopic (exact) mass is 448 g/mol. The molecule has 0 aliphatic rings. The average Bonchev–Trinajstić information content (AvgIpc) is 2.73. The molecule has 0 spiro atoms. The molecule has 0 unspecified atom stereocenters. The molecule has 0 aliphatic heterocycles. The minimum absolute atomic E-state index is 0.132. The molecule has 0 amide bonds. The van der Waals surface area contributed by atoms with Crippen LogP contribution >= 0.6 is 0 Å². The first-order valence-electron chi connectivity index (χ1n) is 10.1. The molecule has 0 aromatic heterocycles. The fourth-order valence-electron chi connectivity index (χ4n) is 3.82. The maximum Gasteiger partial charge on any atom is 0.573 e. The highest BCUT2D eigenvalue weighted by Gasteiger charge is 2.34. The Kier molecular flexibility index (Phi) is 5.75. The van der Waals surface area contributed by atoms with Gasteiger partial charge in [0.25, 0.3) is 0 Å². The van der Waals surface area contributed by atoms with E-state index in [1.54, 1.807) is 6.07 Å². The third kappa shape index (κ3) is 4.38. The lowest BCUT2D eigenvalue weighted by atomic mass is 9.95. The largest absolute Gasteiger partial charge is 0.573 e. The van der Waals surface area contributed by atoms with Gasteiger partial charge in [0.15, 0.2) is 11.6 Å². The molecule has 1 nitrogen and oxygen atoms in total. The number of halogens is 6. The van der Waals surface area contributed by atoms with Crippen molar-refractivity contribution in [3.63, 3.8) is 0 Å². The van der Waals surface area contributed by atoms with Gasteiger partial charge in [0, 0.05) is 5.56 Å². The Morgan fingerprint density at radius 2 is 1.41 bits per heavy atom. The molecule has 4 aromatic rings. The summed E-state index contributed by atoms with van der Waals surface area (Å²) >= 11 is 0. The predicted octanol–water partition coefficient (Wildman–Crippen LogP) is 8.32. The van der Waals surface area contributed by atoms with E-state index in [0.29, 0.717) is 22.9 Å². The summed E-state index contributed by atoms with van der Waals surface area (Å²) in [6.07, 6.45) is -2.16. The molecule has 4 rings (SSSR count). The second-order valence-corrected chi connectivity index (χ2v) is 7.59. The van der Waals surface area contributed by atoms with Crippen LogP contribution in [0, 0.1) is 17.5 Å². The smallest absolute Gasteiger partial charge is 0.399 e. The van der Waals surface area contributed by atoms with Crippen molar-refractivity contribution in [2.24, 2.45) is 0 Å². The van der Waals surface area contributed by atoms with Gasteiger partial charge in [-0.2, -0.15) is 0 Å². The van der Waals surface area contributed by atoms with Crippen LogP contribution in [0.5, 0.6) is 5.75 Å². The minimum atomic E-state index is -5.26. The quantitative estimate of drug-likeness (QED) is 0.220. The number of aryl methyl sites for hydroxylation is 1. The van der Waals surface area contributed by atoms with Gasteiger partial charge in [-0.25, -0.2) is 13.2 Å². The summed E-state index contributed by atoms with van der Waals surface area (Å²) in [6.45, 7) is 2.11. The van der Waals surface area contributed by atoms with Gasteiger partial charge < -0.3 is 4.74 Å². The molecule has 0 N–H and O–H groups in total. The van der Waals surface area contributed by atoms with Crippen LogP contribution in [0.4, 0.5) is 26.3 Å². The van der Waals surface area contributed by atoms with Crippen LogP contribution in [0.1, 0.15) is 25.3 Å². The van der Waals surface area contributed by atoms with Gasteiger partial charge in [0.1, 0.15) is 5.82 Å². The lowest BCUT2D eigenvalue weighted by molar-refractivity contribution is -0.276. The lowest BCUT2D eigenvalue weighted by Crippen LogP contribution is -2.19. The molecular formula is C25H18F6O. The van der Waals surface area contributed by atoms with E-state index in [9.17, 15) is 26.3 Å². The van der Waals surface area contributed by atoms with Crippen LogP contribution < -0.4 is 4.74 Å². The van der Waals surface area contributed by atoms with E-state index in [1.807, 2.05) is 18.2 Å². The van der Waals surface area contributed by atoms with Crippen molar-refractivity contribution >= 4 is 21.5 Å². The standard InChI is InChI=1S/C25H18F6O/c1-2-3-4-14-5-8-18-15(9-14)6-7-16-10-20(21(26)13-19(16)18)17-11-22(27)24(23(28)12-17)32-25(29,30)31/h5-13H,2-4H2,1H3. The Morgan fingerprint density at radius 1 is 0.750 bits per heavy atom. The van der Waals surface area contributed by atoms with Gasteiger partial charge >= 0.3 is 6.36 Å². The molecular weight excluding hydrogens is 430 g/mol.